The second kappa shape index (κ2) is 5.51. The Morgan fingerprint density at radius 3 is 2.95 bits per heavy atom. The smallest absolute Gasteiger partial charge is 0.341 e. The number of nitrogens with zero attached hydrogens (tertiary/aromatic N) is 2. The molecule has 6 heteroatoms. The fourth-order valence-electron chi connectivity index (χ4n) is 1.64. The summed E-state index contributed by atoms with van der Waals surface area (Å²) < 4.78 is 20.1. The van der Waals surface area contributed by atoms with Crippen LogP contribution in [0.15, 0.2) is 30.6 Å². The lowest BCUT2D eigenvalue weighted by Crippen LogP contribution is -2.10. The number of nitrogens with two attached hydrogens (primary N) is 1. The van der Waals surface area contributed by atoms with E-state index in [4.69, 9.17) is 10.5 Å². The van der Waals surface area contributed by atoms with Crippen LogP contribution in [0.3, 0.4) is 0 Å². The number of carbonyl (C=O) groups excluding carboxylic acids is 1. The lowest BCUT2D eigenvalue weighted by molar-refractivity contribution is 0.0504. The molecule has 1 aromatic heterocycles. The van der Waals surface area contributed by atoms with Gasteiger partial charge in [0.05, 0.1) is 18.4 Å². The van der Waals surface area contributed by atoms with Crippen molar-refractivity contribution in [1.82, 2.24) is 9.78 Å². The lowest BCUT2D eigenvalue weighted by Gasteiger charge is -2.05. The SMILES string of the molecule is Cn1cc(CCOC(=O)c2ccc(N)cc2F)cn1. The largest absolute Gasteiger partial charge is 0.462 e. The van der Waals surface area contributed by atoms with Gasteiger partial charge in [0.15, 0.2) is 0 Å². The van der Waals surface area contributed by atoms with E-state index in [-0.39, 0.29) is 17.9 Å². The van der Waals surface area contributed by atoms with Crippen LogP contribution < -0.4 is 5.73 Å². The summed E-state index contributed by atoms with van der Waals surface area (Å²) >= 11 is 0. The second-order valence-corrected chi connectivity index (χ2v) is 4.15. The molecule has 5 nitrogen and oxygen atoms in total. The van der Waals surface area contributed by atoms with Crippen molar-refractivity contribution in [2.24, 2.45) is 7.05 Å². The van der Waals surface area contributed by atoms with Gasteiger partial charge in [-0.25, -0.2) is 9.18 Å². The van der Waals surface area contributed by atoms with Crippen LogP contribution in [0.2, 0.25) is 0 Å². The molecular formula is C13H14FN3O2. The van der Waals surface area contributed by atoms with E-state index >= 15 is 0 Å². The van der Waals surface area contributed by atoms with Gasteiger partial charge in [0, 0.05) is 25.4 Å². The average molecular weight is 263 g/mol. The van der Waals surface area contributed by atoms with Crippen molar-refractivity contribution in [3.8, 4) is 0 Å². The van der Waals surface area contributed by atoms with E-state index in [0.29, 0.717) is 6.42 Å². The van der Waals surface area contributed by atoms with Crippen LogP contribution in [0, 0.1) is 5.82 Å². The van der Waals surface area contributed by atoms with Crippen LogP contribution in [-0.4, -0.2) is 22.4 Å². The van der Waals surface area contributed by atoms with Gasteiger partial charge in [-0.3, -0.25) is 4.68 Å². The Labute approximate surface area is 109 Å². The number of halogens is 1. The molecule has 19 heavy (non-hydrogen) atoms. The summed E-state index contributed by atoms with van der Waals surface area (Å²) in [5, 5.41) is 4.00. The highest BCUT2D eigenvalue weighted by Gasteiger charge is 2.13. The number of anilines is 1. The summed E-state index contributed by atoms with van der Waals surface area (Å²) in [5.74, 6) is -1.37. The molecule has 0 fully saturated rings. The maximum atomic E-state index is 13.5. The molecule has 0 atom stereocenters. The van der Waals surface area contributed by atoms with Crippen molar-refractivity contribution >= 4 is 11.7 Å². The molecule has 0 saturated carbocycles. The molecule has 1 aromatic carbocycles. The standard InChI is InChI=1S/C13H14FN3O2/c1-17-8-9(7-16-17)4-5-19-13(18)11-3-2-10(15)6-12(11)14/h2-3,6-8H,4-5,15H2,1H3. The predicted octanol–water partition coefficient (Wildman–Crippen LogP) is 1.54. The number of benzene rings is 1. The molecule has 0 unspecified atom stereocenters. The topological polar surface area (TPSA) is 70.1 Å². The molecule has 0 bridgehead atoms. The molecule has 2 aromatic rings. The first-order valence-corrected chi connectivity index (χ1v) is 5.76. The molecule has 0 aliphatic rings. The van der Waals surface area contributed by atoms with E-state index in [2.05, 4.69) is 5.10 Å². The molecule has 0 aliphatic heterocycles. The van der Waals surface area contributed by atoms with Crippen LogP contribution in [-0.2, 0) is 18.2 Å². The number of rotatable bonds is 4. The Morgan fingerprint density at radius 1 is 1.53 bits per heavy atom. The molecular weight excluding hydrogens is 249 g/mol. The van der Waals surface area contributed by atoms with E-state index in [1.807, 2.05) is 6.20 Å². The van der Waals surface area contributed by atoms with E-state index in [1.54, 1.807) is 17.9 Å². The second-order valence-electron chi connectivity index (χ2n) is 4.15. The summed E-state index contributed by atoms with van der Waals surface area (Å²) in [6.07, 6.45) is 4.06. The van der Waals surface area contributed by atoms with Gasteiger partial charge in [0.25, 0.3) is 0 Å². The molecule has 0 amide bonds. The zero-order chi connectivity index (χ0) is 13.8. The van der Waals surface area contributed by atoms with Crippen LogP contribution >= 0.6 is 0 Å². The van der Waals surface area contributed by atoms with Crippen molar-refractivity contribution in [1.29, 1.82) is 0 Å². The van der Waals surface area contributed by atoms with Crippen molar-refractivity contribution in [2.75, 3.05) is 12.3 Å². The minimum absolute atomic E-state index is 0.111. The van der Waals surface area contributed by atoms with Crippen LogP contribution in [0.4, 0.5) is 10.1 Å². The van der Waals surface area contributed by atoms with Gasteiger partial charge in [0.1, 0.15) is 5.82 Å². The normalized spacial score (nSPS) is 10.4. The van der Waals surface area contributed by atoms with Gasteiger partial charge in [-0.15, -0.1) is 0 Å². The quantitative estimate of drug-likeness (QED) is 0.671. The number of aryl methyl sites for hydroxylation is 1. The molecule has 0 aliphatic carbocycles. The summed E-state index contributed by atoms with van der Waals surface area (Å²) in [4.78, 5) is 11.6. The fourth-order valence-corrected chi connectivity index (χ4v) is 1.64. The highest BCUT2D eigenvalue weighted by atomic mass is 19.1. The number of carbonyl (C=O) groups is 1. The highest BCUT2D eigenvalue weighted by Crippen LogP contribution is 2.13. The van der Waals surface area contributed by atoms with Crippen LogP contribution in [0.1, 0.15) is 15.9 Å². The molecule has 2 N–H and O–H groups in total. The Bertz CT molecular complexity index is 595. The Balaban J connectivity index is 1.90. The first-order valence-electron chi connectivity index (χ1n) is 5.76. The first kappa shape index (κ1) is 13.1. The number of esters is 1. The zero-order valence-corrected chi connectivity index (χ0v) is 10.5. The Morgan fingerprint density at radius 2 is 2.32 bits per heavy atom. The monoisotopic (exact) mass is 263 g/mol. The minimum atomic E-state index is -0.693. The van der Waals surface area contributed by atoms with Gasteiger partial charge in [-0.2, -0.15) is 5.10 Å². The lowest BCUT2D eigenvalue weighted by atomic mass is 10.2. The van der Waals surface area contributed by atoms with E-state index in [0.717, 1.165) is 11.6 Å². The predicted molar refractivity (Wildman–Crippen MR) is 68.0 cm³/mol. The molecule has 0 radical (unpaired) electrons. The Kier molecular flexibility index (Phi) is 3.79. The summed E-state index contributed by atoms with van der Waals surface area (Å²) in [6, 6.07) is 3.87. The van der Waals surface area contributed by atoms with E-state index in [9.17, 15) is 9.18 Å². The van der Waals surface area contributed by atoms with E-state index in [1.165, 1.54) is 12.1 Å². The maximum absolute atomic E-state index is 13.5. The van der Waals surface area contributed by atoms with Crippen molar-refractivity contribution in [3.05, 3.63) is 47.5 Å². The van der Waals surface area contributed by atoms with E-state index < -0.39 is 11.8 Å². The fraction of sp³-hybridized carbons (Fsp3) is 0.231. The minimum Gasteiger partial charge on any atom is -0.462 e. The number of aromatic nitrogens is 2. The average Bonchev–Trinajstić information content (AvgIpc) is 2.75. The van der Waals surface area contributed by atoms with Gasteiger partial charge in [0.2, 0.25) is 0 Å². The van der Waals surface area contributed by atoms with Gasteiger partial charge >= 0.3 is 5.97 Å². The molecule has 1 heterocycles. The molecule has 2 rings (SSSR count). The van der Waals surface area contributed by atoms with Crippen LogP contribution in [0.5, 0.6) is 0 Å². The van der Waals surface area contributed by atoms with Crippen molar-refractivity contribution < 1.29 is 13.9 Å². The Hall–Kier alpha value is -2.37. The highest BCUT2D eigenvalue weighted by molar-refractivity contribution is 5.90. The molecule has 0 saturated heterocycles. The number of ether oxygens (including phenoxy) is 1. The van der Waals surface area contributed by atoms with Gasteiger partial charge < -0.3 is 10.5 Å². The van der Waals surface area contributed by atoms with Gasteiger partial charge in [-0.1, -0.05) is 0 Å². The molecule has 100 valence electrons. The third kappa shape index (κ3) is 3.31. The van der Waals surface area contributed by atoms with Crippen LogP contribution in [0.25, 0.3) is 0 Å². The number of hydrogen-bond donors (Lipinski definition) is 1. The summed E-state index contributed by atoms with van der Waals surface area (Å²) in [6.45, 7) is 0.175. The molecule has 0 spiro atoms. The summed E-state index contributed by atoms with van der Waals surface area (Å²) in [7, 11) is 1.80. The zero-order valence-electron chi connectivity index (χ0n) is 10.5. The number of hydrogen-bond acceptors (Lipinski definition) is 4. The summed E-state index contributed by atoms with van der Waals surface area (Å²) in [5.41, 5.74) is 6.51. The van der Waals surface area contributed by atoms with Gasteiger partial charge in [-0.05, 0) is 23.8 Å². The third-order valence-electron chi connectivity index (χ3n) is 2.60. The maximum Gasteiger partial charge on any atom is 0.341 e. The first-order chi connectivity index (χ1) is 9.06. The number of nitrogen functional groups attached to an aromatic ring is 1. The van der Waals surface area contributed by atoms with Crippen molar-refractivity contribution in [2.45, 2.75) is 6.42 Å². The third-order valence-corrected chi connectivity index (χ3v) is 2.60. The van der Waals surface area contributed by atoms with Crippen molar-refractivity contribution in [3.63, 3.8) is 0 Å².